The second-order valence-corrected chi connectivity index (χ2v) is 7.12. The Hall–Kier alpha value is -2.39. The van der Waals surface area contributed by atoms with Gasteiger partial charge >= 0.3 is 12.2 Å². The lowest BCUT2D eigenvalue weighted by Gasteiger charge is -2.34. The molecular formula is C18H18F3N3O2S. The van der Waals surface area contributed by atoms with Crippen LogP contribution >= 0.6 is 11.3 Å². The van der Waals surface area contributed by atoms with Crippen molar-refractivity contribution in [2.45, 2.75) is 6.18 Å². The van der Waals surface area contributed by atoms with Crippen molar-refractivity contribution < 1.29 is 22.8 Å². The third-order valence-corrected chi connectivity index (χ3v) is 5.20. The first kappa shape index (κ1) is 19.4. The van der Waals surface area contributed by atoms with E-state index in [9.17, 15) is 22.8 Å². The average molecular weight is 397 g/mol. The number of urea groups is 1. The minimum atomic E-state index is -4.40. The monoisotopic (exact) mass is 397 g/mol. The van der Waals surface area contributed by atoms with Crippen molar-refractivity contribution in [1.29, 1.82) is 0 Å². The molecule has 2 aromatic rings. The summed E-state index contributed by atoms with van der Waals surface area (Å²) in [5.74, 6) is 0.0626. The number of nitrogens with one attached hydrogen (secondary N) is 1. The summed E-state index contributed by atoms with van der Waals surface area (Å²) in [5.41, 5.74) is -0.451. The topological polar surface area (TPSA) is 52.7 Å². The number of halogens is 3. The number of benzene rings is 1. The van der Waals surface area contributed by atoms with E-state index in [4.69, 9.17) is 0 Å². The molecule has 2 heterocycles. The standard InChI is InChI=1S/C18H18F3N3O2S/c19-18(20,21)13-3-5-14(6-4-13)22-17(26)24-9-7-23(8-10-24)12-15(25)16-2-1-11-27-16/h1-6,11H,7-10,12H2,(H,22,26). The van der Waals surface area contributed by atoms with Gasteiger partial charge in [-0.2, -0.15) is 13.2 Å². The van der Waals surface area contributed by atoms with Crippen molar-refractivity contribution in [1.82, 2.24) is 9.80 Å². The van der Waals surface area contributed by atoms with E-state index in [1.807, 2.05) is 16.3 Å². The summed E-state index contributed by atoms with van der Waals surface area (Å²) < 4.78 is 37.7. The molecule has 1 saturated heterocycles. The maximum atomic E-state index is 12.6. The van der Waals surface area contributed by atoms with Crippen molar-refractivity contribution in [2.75, 3.05) is 38.0 Å². The van der Waals surface area contributed by atoms with Crippen LogP contribution in [0.5, 0.6) is 0 Å². The molecule has 1 fully saturated rings. The number of piperazine rings is 1. The Labute approximate surface area is 158 Å². The Morgan fingerprint density at radius 3 is 2.26 bits per heavy atom. The van der Waals surface area contributed by atoms with Crippen LogP contribution in [0.25, 0.3) is 0 Å². The van der Waals surface area contributed by atoms with E-state index in [1.54, 1.807) is 11.0 Å². The van der Waals surface area contributed by atoms with E-state index in [2.05, 4.69) is 5.32 Å². The third kappa shape index (κ3) is 5.08. The lowest BCUT2D eigenvalue weighted by Crippen LogP contribution is -2.51. The normalized spacial score (nSPS) is 15.6. The van der Waals surface area contributed by atoms with Gasteiger partial charge in [-0.15, -0.1) is 11.3 Å². The first-order valence-corrected chi connectivity index (χ1v) is 9.23. The quantitative estimate of drug-likeness (QED) is 0.799. The molecule has 0 atom stereocenters. The van der Waals surface area contributed by atoms with Gasteiger partial charge in [0.25, 0.3) is 0 Å². The highest BCUT2D eigenvalue weighted by Gasteiger charge is 2.30. The molecular weight excluding hydrogens is 379 g/mol. The van der Waals surface area contributed by atoms with Gasteiger partial charge in [0.1, 0.15) is 0 Å². The smallest absolute Gasteiger partial charge is 0.322 e. The molecule has 1 aromatic carbocycles. The van der Waals surface area contributed by atoms with Crippen LogP contribution in [0.4, 0.5) is 23.7 Å². The molecule has 1 aliphatic rings. The van der Waals surface area contributed by atoms with Crippen LogP contribution in [-0.2, 0) is 6.18 Å². The molecule has 2 amide bonds. The zero-order chi connectivity index (χ0) is 19.4. The predicted molar refractivity (Wildman–Crippen MR) is 97.1 cm³/mol. The number of hydrogen-bond acceptors (Lipinski definition) is 4. The van der Waals surface area contributed by atoms with Crippen molar-refractivity contribution in [3.63, 3.8) is 0 Å². The fourth-order valence-corrected chi connectivity index (χ4v) is 3.43. The van der Waals surface area contributed by atoms with E-state index in [1.165, 1.54) is 23.5 Å². The Balaban J connectivity index is 1.48. The fraction of sp³-hybridized carbons (Fsp3) is 0.333. The van der Waals surface area contributed by atoms with Crippen LogP contribution in [0.1, 0.15) is 15.2 Å². The van der Waals surface area contributed by atoms with Crippen molar-refractivity contribution in [2.24, 2.45) is 0 Å². The SMILES string of the molecule is O=C(CN1CCN(C(=O)Nc2ccc(C(F)(F)F)cc2)CC1)c1cccs1. The van der Waals surface area contributed by atoms with E-state index in [-0.39, 0.29) is 11.8 Å². The minimum Gasteiger partial charge on any atom is -0.322 e. The van der Waals surface area contributed by atoms with Gasteiger partial charge in [-0.1, -0.05) is 6.07 Å². The highest BCUT2D eigenvalue weighted by atomic mass is 32.1. The van der Waals surface area contributed by atoms with Crippen molar-refractivity contribution in [3.05, 3.63) is 52.2 Å². The number of anilines is 1. The minimum absolute atomic E-state index is 0.0626. The summed E-state index contributed by atoms with van der Waals surface area (Å²) in [6.45, 7) is 2.35. The van der Waals surface area contributed by atoms with Gasteiger partial charge < -0.3 is 10.2 Å². The fourth-order valence-electron chi connectivity index (χ4n) is 2.77. The Kier molecular flexibility index (Phi) is 5.81. The van der Waals surface area contributed by atoms with Crippen LogP contribution in [0.3, 0.4) is 0 Å². The number of carbonyl (C=O) groups is 2. The molecule has 9 heteroatoms. The molecule has 144 valence electrons. The molecule has 3 rings (SSSR count). The molecule has 0 saturated carbocycles. The number of ketones is 1. The second kappa shape index (κ2) is 8.10. The lowest BCUT2D eigenvalue weighted by molar-refractivity contribution is -0.137. The number of nitrogens with zero attached hydrogens (tertiary/aromatic N) is 2. The molecule has 0 spiro atoms. The van der Waals surface area contributed by atoms with Crippen molar-refractivity contribution >= 4 is 28.8 Å². The number of Topliss-reactive ketones (excluding diaryl/α,β-unsaturated/α-hetero) is 1. The van der Waals surface area contributed by atoms with Gasteiger partial charge in [-0.25, -0.2) is 4.79 Å². The van der Waals surface area contributed by atoms with Crippen LogP contribution in [0.15, 0.2) is 41.8 Å². The van der Waals surface area contributed by atoms with E-state index in [0.29, 0.717) is 38.4 Å². The number of rotatable bonds is 4. The van der Waals surface area contributed by atoms with Gasteiger partial charge in [0.05, 0.1) is 17.0 Å². The van der Waals surface area contributed by atoms with Gasteiger partial charge in [0.2, 0.25) is 0 Å². The zero-order valence-corrected chi connectivity index (χ0v) is 15.1. The van der Waals surface area contributed by atoms with Crippen LogP contribution in [0.2, 0.25) is 0 Å². The largest absolute Gasteiger partial charge is 0.416 e. The Morgan fingerprint density at radius 1 is 1.04 bits per heavy atom. The van der Waals surface area contributed by atoms with Crippen molar-refractivity contribution in [3.8, 4) is 0 Å². The van der Waals surface area contributed by atoms with Gasteiger partial charge in [-0.05, 0) is 35.7 Å². The Bertz CT molecular complexity index is 783. The first-order chi connectivity index (χ1) is 12.8. The highest BCUT2D eigenvalue weighted by Crippen LogP contribution is 2.29. The number of thiophene rings is 1. The van der Waals surface area contributed by atoms with E-state index >= 15 is 0 Å². The number of alkyl halides is 3. The summed E-state index contributed by atoms with van der Waals surface area (Å²) >= 11 is 1.41. The van der Waals surface area contributed by atoms with E-state index < -0.39 is 11.7 Å². The molecule has 0 bridgehead atoms. The second-order valence-electron chi connectivity index (χ2n) is 6.17. The summed E-state index contributed by atoms with van der Waals surface area (Å²) in [6.07, 6.45) is -4.40. The summed E-state index contributed by atoms with van der Waals surface area (Å²) in [7, 11) is 0. The zero-order valence-electron chi connectivity index (χ0n) is 14.3. The molecule has 1 aromatic heterocycles. The van der Waals surface area contributed by atoms with Crippen LogP contribution in [0, 0.1) is 0 Å². The molecule has 5 nitrogen and oxygen atoms in total. The number of hydrogen-bond donors (Lipinski definition) is 1. The molecule has 0 unspecified atom stereocenters. The summed E-state index contributed by atoms with van der Waals surface area (Å²) in [6, 6.07) is 7.60. The predicted octanol–water partition coefficient (Wildman–Crippen LogP) is 3.80. The van der Waals surface area contributed by atoms with Gasteiger partial charge in [0, 0.05) is 31.9 Å². The summed E-state index contributed by atoms with van der Waals surface area (Å²) in [5, 5.41) is 4.46. The van der Waals surface area contributed by atoms with Crippen LogP contribution in [-0.4, -0.2) is 54.3 Å². The molecule has 1 N–H and O–H groups in total. The lowest BCUT2D eigenvalue weighted by atomic mass is 10.2. The van der Waals surface area contributed by atoms with Gasteiger partial charge in [0.15, 0.2) is 5.78 Å². The number of carbonyl (C=O) groups excluding carboxylic acids is 2. The summed E-state index contributed by atoms with van der Waals surface area (Å²) in [4.78, 5) is 28.7. The molecule has 27 heavy (non-hydrogen) atoms. The molecule has 0 aliphatic carbocycles. The molecule has 1 aliphatic heterocycles. The van der Waals surface area contributed by atoms with E-state index in [0.717, 1.165) is 17.0 Å². The first-order valence-electron chi connectivity index (χ1n) is 8.35. The molecule has 0 radical (unpaired) electrons. The third-order valence-electron chi connectivity index (χ3n) is 4.29. The maximum Gasteiger partial charge on any atom is 0.416 e. The average Bonchev–Trinajstić information content (AvgIpc) is 3.17. The Morgan fingerprint density at radius 2 is 1.70 bits per heavy atom. The van der Waals surface area contributed by atoms with Gasteiger partial charge in [-0.3, -0.25) is 9.69 Å². The highest BCUT2D eigenvalue weighted by molar-refractivity contribution is 7.12. The van der Waals surface area contributed by atoms with Crippen LogP contribution < -0.4 is 5.32 Å². The maximum absolute atomic E-state index is 12.6. The number of amides is 2.